The van der Waals surface area contributed by atoms with E-state index in [1.807, 2.05) is 54.6 Å². The Labute approximate surface area is 194 Å². The van der Waals surface area contributed by atoms with Crippen molar-refractivity contribution in [3.63, 3.8) is 0 Å². The smallest absolute Gasteiger partial charge is 0.261 e. The molecule has 5 heteroatoms. The second-order valence-corrected chi connectivity index (χ2v) is 8.32. The maximum absolute atomic E-state index is 13.3. The predicted octanol–water partition coefficient (Wildman–Crippen LogP) is 5.94. The molecule has 0 aliphatic heterocycles. The topological polar surface area (TPSA) is 53.3 Å². The lowest BCUT2D eigenvalue weighted by molar-refractivity contribution is 0.302. The van der Waals surface area contributed by atoms with Gasteiger partial charge in [-0.15, -0.1) is 0 Å². The molecule has 3 aromatic carbocycles. The first kappa shape index (κ1) is 22.6. The van der Waals surface area contributed by atoms with E-state index >= 15 is 0 Å². The molecule has 0 saturated carbocycles. The molecule has 0 atom stereocenters. The minimum atomic E-state index is -0.00190. The molecular formula is C28H30N2O3. The molecule has 0 N–H and O–H groups in total. The van der Waals surface area contributed by atoms with Crippen LogP contribution in [0.3, 0.4) is 0 Å². The van der Waals surface area contributed by atoms with Gasteiger partial charge in [0.2, 0.25) is 0 Å². The van der Waals surface area contributed by atoms with Crippen LogP contribution in [-0.2, 0) is 6.54 Å². The number of benzene rings is 3. The zero-order chi connectivity index (χ0) is 23.2. The van der Waals surface area contributed by atoms with Gasteiger partial charge in [0, 0.05) is 12.1 Å². The monoisotopic (exact) mass is 442 g/mol. The second kappa shape index (κ2) is 10.3. The van der Waals surface area contributed by atoms with Crippen LogP contribution in [0.4, 0.5) is 0 Å². The van der Waals surface area contributed by atoms with Crippen molar-refractivity contribution in [3.8, 4) is 22.9 Å². The number of ether oxygens (including phenoxy) is 2. The highest BCUT2D eigenvalue weighted by Crippen LogP contribution is 2.23. The van der Waals surface area contributed by atoms with E-state index in [1.165, 1.54) is 5.56 Å². The molecule has 0 spiro atoms. The Morgan fingerprint density at radius 2 is 1.70 bits per heavy atom. The molecule has 4 aromatic rings. The first-order valence-corrected chi connectivity index (χ1v) is 11.4. The minimum absolute atomic E-state index is 0.00190. The molecule has 4 rings (SSSR count). The van der Waals surface area contributed by atoms with E-state index in [2.05, 4.69) is 26.0 Å². The van der Waals surface area contributed by atoms with Crippen LogP contribution in [-0.4, -0.2) is 23.3 Å². The molecule has 0 unspecified atom stereocenters. The van der Waals surface area contributed by atoms with Crippen molar-refractivity contribution >= 4 is 10.9 Å². The van der Waals surface area contributed by atoms with Gasteiger partial charge in [0.1, 0.15) is 17.3 Å². The summed E-state index contributed by atoms with van der Waals surface area (Å²) in [6, 6.07) is 21.4. The molecule has 0 saturated heterocycles. The lowest BCUT2D eigenvalue weighted by Gasteiger charge is -2.14. The Balaban J connectivity index is 1.46. The summed E-state index contributed by atoms with van der Waals surface area (Å²) in [4.78, 5) is 18.1. The van der Waals surface area contributed by atoms with Gasteiger partial charge in [0.25, 0.3) is 5.56 Å². The number of aryl methyl sites for hydroxylation is 2. The molecule has 1 heterocycles. The van der Waals surface area contributed by atoms with Crippen LogP contribution in [0.2, 0.25) is 0 Å². The Hall–Kier alpha value is -3.60. The zero-order valence-electron chi connectivity index (χ0n) is 19.5. The summed E-state index contributed by atoms with van der Waals surface area (Å²) in [5.41, 5.74) is 4.01. The van der Waals surface area contributed by atoms with E-state index < -0.39 is 0 Å². The highest BCUT2D eigenvalue weighted by molar-refractivity contribution is 5.79. The van der Waals surface area contributed by atoms with E-state index in [4.69, 9.17) is 14.5 Å². The molecule has 0 aliphatic carbocycles. The number of para-hydroxylation sites is 1. The number of methoxy groups -OCH3 is 1. The lowest BCUT2D eigenvalue weighted by Crippen LogP contribution is -2.23. The molecule has 0 fully saturated rings. The first-order valence-electron chi connectivity index (χ1n) is 11.4. The van der Waals surface area contributed by atoms with E-state index in [0.29, 0.717) is 29.9 Å². The van der Waals surface area contributed by atoms with Crippen LogP contribution in [0.5, 0.6) is 11.5 Å². The van der Waals surface area contributed by atoms with Crippen LogP contribution in [0.25, 0.3) is 22.3 Å². The number of hydrogen-bond acceptors (Lipinski definition) is 4. The van der Waals surface area contributed by atoms with E-state index in [1.54, 1.807) is 11.7 Å². The van der Waals surface area contributed by atoms with Gasteiger partial charge in [-0.05, 0) is 81.1 Å². The van der Waals surface area contributed by atoms with E-state index in [0.717, 1.165) is 41.9 Å². The number of nitrogens with zero attached hydrogens (tertiary/aromatic N) is 2. The van der Waals surface area contributed by atoms with Crippen molar-refractivity contribution in [3.05, 3.63) is 88.2 Å². The Bertz CT molecular complexity index is 1290. The van der Waals surface area contributed by atoms with E-state index in [9.17, 15) is 4.79 Å². The highest BCUT2D eigenvalue weighted by Gasteiger charge is 2.13. The van der Waals surface area contributed by atoms with Crippen LogP contribution in [0.15, 0.2) is 71.5 Å². The van der Waals surface area contributed by atoms with Gasteiger partial charge < -0.3 is 9.47 Å². The maximum Gasteiger partial charge on any atom is 0.261 e. The minimum Gasteiger partial charge on any atom is -0.497 e. The highest BCUT2D eigenvalue weighted by atomic mass is 16.5. The maximum atomic E-state index is 13.3. The Kier molecular flexibility index (Phi) is 7.08. The molecule has 1 aromatic heterocycles. The fourth-order valence-corrected chi connectivity index (χ4v) is 4.03. The predicted molar refractivity (Wildman–Crippen MR) is 133 cm³/mol. The summed E-state index contributed by atoms with van der Waals surface area (Å²) in [5.74, 6) is 2.41. The number of aromatic nitrogens is 2. The standard InChI is InChI=1S/C28H30N2O3/c1-20-11-16-26(21(2)19-20)33-18-8-4-7-17-30-27(22-12-14-23(32-3)15-13-22)29-25-10-6-5-9-24(25)28(30)31/h5-6,9-16,19H,4,7-8,17-18H2,1-3H3. The van der Waals surface area contributed by atoms with Gasteiger partial charge in [-0.3, -0.25) is 9.36 Å². The fraction of sp³-hybridized carbons (Fsp3) is 0.286. The van der Waals surface area contributed by atoms with Gasteiger partial charge in [-0.1, -0.05) is 29.8 Å². The molecule has 0 aliphatic rings. The van der Waals surface area contributed by atoms with Gasteiger partial charge >= 0.3 is 0 Å². The van der Waals surface area contributed by atoms with Crippen molar-refractivity contribution in [1.82, 2.24) is 9.55 Å². The van der Waals surface area contributed by atoms with Gasteiger partial charge in [0.05, 0.1) is 24.6 Å². The Morgan fingerprint density at radius 3 is 2.45 bits per heavy atom. The SMILES string of the molecule is COc1ccc(-c2nc3ccccc3c(=O)n2CCCCCOc2ccc(C)cc2C)cc1. The molecule has 170 valence electrons. The average Bonchev–Trinajstić information content (AvgIpc) is 2.83. The van der Waals surface area contributed by atoms with E-state index in [-0.39, 0.29) is 5.56 Å². The first-order chi connectivity index (χ1) is 16.1. The molecule has 0 radical (unpaired) electrons. The van der Waals surface area contributed by atoms with Crippen LogP contribution in [0, 0.1) is 13.8 Å². The fourth-order valence-electron chi connectivity index (χ4n) is 4.03. The largest absolute Gasteiger partial charge is 0.497 e. The zero-order valence-corrected chi connectivity index (χ0v) is 19.5. The third-order valence-electron chi connectivity index (χ3n) is 5.82. The van der Waals surface area contributed by atoms with Crippen LogP contribution in [0.1, 0.15) is 30.4 Å². The third kappa shape index (κ3) is 5.25. The average molecular weight is 443 g/mol. The van der Waals surface area contributed by atoms with Crippen molar-refractivity contribution in [2.24, 2.45) is 0 Å². The summed E-state index contributed by atoms with van der Waals surface area (Å²) in [6.07, 6.45) is 2.77. The number of unbranched alkanes of at least 4 members (excludes halogenated alkanes) is 2. The molecule has 0 bridgehead atoms. The lowest BCUT2D eigenvalue weighted by atomic mass is 10.1. The quantitative estimate of drug-likeness (QED) is 0.301. The molecule has 0 amide bonds. The van der Waals surface area contributed by atoms with Crippen molar-refractivity contribution < 1.29 is 9.47 Å². The summed E-state index contributed by atoms with van der Waals surface area (Å²) in [5, 5.41) is 0.646. The van der Waals surface area contributed by atoms with Gasteiger partial charge in [-0.25, -0.2) is 4.98 Å². The van der Waals surface area contributed by atoms with Gasteiger partial charge in [-0.2, -0.15) is 0 Å². The van der Waals surface area contributed by atoms with Crippen molar-refractivity contribution in [2.75, 3.05) is 13.7 Å². The number of rotatable bonds is 9. The number of hydrogen-bond donors (Lipinski definition) is 0. The third-order valence-corrected chi connectivity index (χ3v) is 5.82. The van der Waals surface area contributed by atoms with Crippen LogP contribution >= 0.6 is 0 Å². The van der Waals surface area contributed by atoms with Gasteiger partial charge in [0.15, 0.2) is 0 Å². The summed E-state index contributed by atoms with van der Waals surface area (Å²) in [7, 11) is 1.64. The molecule has 33 heavy (non-hydrogen) atoms. The van der Waals surface area contributed by atoms with Crippen molar-refractivity contribution in [2.45, 2.75) is 39.7 Å². The van der Waals surface area contributed by atoms with Crippen LogP contribution < -0.4 is 15.0 Å². The van der Waals surface area contributed by atoms with Crippen molar-refractivity contribution in [1.29, 1.82) is 0 Å². The molecular weight excluding hydrogens is 412 g/mol. The summed E-state index contributed by atoms with van der Waals surface area (Å²) in [6.45, 7) is 5.43. The number of fused-ring (bicyclic) bond motifs is 1. The summed E-state index contributed by atoms with van der Waals surface area (Å²) >= 11 is 0. The summed E-state index contributed by atoms with van der Waals surface area (Å²) < 4.78 is 13.0. The second-order valence-electron chi connectivity index (χ2n) is 8.32. The molecule has 5 nitrogen and oxygen atoms in total. The normalized spacial score (nSPS) is 11.0. The Morgan fingerprint density at radius 1 is 0.909 bits per heavy atom.